The highest BCUT2D eigenvalue weighted by Gasteiger charge is 2.38. The van der Waals surface area contributed by atoms with Crippen LogP contribution in [0.4, 0.5) is 18.9 Å². The lowest BCUT2D eigenvalue weighted by atomic mass is 10.0. The van der Waals surface area contributed by atoms with Crippen molar-refractivity contribution in [2.75, 3.05) is 11.9 Å². The standard InChI is InChI=1S/C31H26Cl2F3N3O3.H3NS/c1-39(15-17-5-7-18(8-6-17)28(40)19-9-10-19)24-13-14-25(37-30(24)31(34,35)36)41-16-21-27(38-42-29(21)20-11-12-20)26-22(32)3-2-4-23(26)33;1-2/h2-8,13-14,19-20H,9-12,15-16H2,1H3;2H,1H2. The van der Waals surface area contributed by atoms with E-state index in [1.54, 1.807) is 49.5 Å². The molecule has 2 aromatic heterocycles. The number of nitrogens with two attached hydrogens (primary N) is 1. The van der Waals surface area contributed by atoms with Crippen molar-refractivity contribution in [3.63, 3.8) is 0 Å². The summed E-state index contributed by atoms with van der Waals surface area (Å²) in [6.45, 7) is 0.0634. The number of halogens is 5. The van der Waals surface area contributed by atoms with Gasteiger partial charge in [-0.2, -0.15) is 13.2 Å². The van der Waals surface area contributed by atoms with Crippen LogP contribution in [0, 0.1) is 5.92 Å². The molecular weight excluding hydrogens is 636 g/mol. The summed E-state index contributed by atoms with van der Waals surface area (Å²) < 4.78 is 54.0. The van der Waals surface area contributed by atoms with Crippen molar-refractivity contribution in [3.05, 3.63) is 92.8 Å². The van der Waals surface area contributed by atoms with E-state index < -0.39 is 11.9 Å². The number of ether oxygens (including phenoxy) is 1. The Kier molecular flexibility index (Phi) is 9.79. The summed E-state index contributed by atoms with van der Waals surface area (Å²) in [7, 11) is 1.56. The number of ketones is 1. The average Bonchev–Trinajstić information content (AvgIpc) is 3.95. The molecular formula is C31H29Cl2F3N4O3S. The Morgan fingerprint density at radius 3 is 2.30 bits per heavy atom. The first-order chi connectivity index (χ1) is 21.1. The van der Waals surface area contributed by atoms with Crippen LogP contribution in [0.2, 0.25) is 10.0 Å². The molecule has 0 amide bonds. The molecule has 2 aliphatic rings. The quantitative estimate of drug-likeness (QED) is 0.130. The molecule has 2 aromatic carbocycles. The molecule has 0 aliphatic heterocycles. The van der Waals surface area contributed by atoms with Crippen LogP contribution in [0.1, 0.15) is 64.5 Å². The van der Waals surface area contributed by atoms with Gasteiger partial charge in [-0.1, -0.05) is 58.7 Å². The maximum Gasteiger partial charge on any atom is 0.435 e. The number of aromatic nitrogens is 2. The van der Waals surface area contributed by atoms with Gasteiger partial charge < -0.3 is 14.2 Å². The zero-order valence-corrected chi connectivity index (χ0v) is 26.0. The van der Waals surface area contributed by atoms with E-state index in [1.807, 2.05) is 0 Å². The minimum atomic E-state index is -4.73. The van der Waals surface area contributed by atoms with Gasteiger partial charge >= 0.3 is 6.18 Å². The summed E-state index contributed by atoms with van der Waals surface area (Å²) in [5.74, 6) is 0.790. The molecule has 232 valence electrons. The number of carbonyl (C=O) groups is 1. The summed E-state index contributed by atoms with van der Waals surface area (Å²) in [6, 6.07) is 14.8. The van der Waals surface area contributed by atoms with E-state index in [4.69, 9.17) is 32.5 Å². The average molecular weight is 666 g/mol. The number of alkyl halides is 3. The van der Waals surface area contributed by atoms with Gasteiger partial charge in [0, 0.05) is 42.6 Å². The van der Waals surface area contributed by atoms with Crippen LogP contribution in [-0.4, -0.2) is 23.0 Å². The topological polar surface area (TPSA) is 94.5 Å². The van der Waals surface area contributed by atoms with Crippen LogP contribution in [0.15, 0.2) is 59.1 Å². The number of thiol groups is 1. The monoisotopic (exact) mass is 664 g/mol. The maximum absolute atomic E-state index is 14.2. The number of nitrogens with zero attached hydrogens (tertiary/aromatic N) is 3. The van der Waals surface area contributed by atoms with Crippen LogP contribution in [0.3, 0.4) is 0 Å². The first-order valence-electron chi connectivity index (χ1n) is 13.8. The Balaban J connectivity index is 0.00000188. The minimum absolute atomic E-state index is 0.0971. The van der Waals surface area contributed by atoms with Gasteiger partial charge in [0.15, 0.2) is 11.5 Å². The van der Waals surface area contributed by atoms with Crippen molar-refractivity contribution in [3.8, 4) is 17.1 Å². The second-order valence-corrected chi connectivity index (χ2v) is 11.6. The largest absolute Gasteiger partial charge is 0.473 e. The minimum Gasteiger partial charge on any atom is -0.473 e. The van der Waals surface area contributed by atoms with Gasteiger partial charge in [-0.3, -0.25) is 9.93 Å². The van der Waals surface area contributed by atoms with E-state index in [-0.39, 0.29) is 42.3 Å². The van der Waals surface area contributed by atoms with Crippen LogP contribution in [-0.2, 0) is 19.3 Å². The molecule has 2 heterocycles. The summed E-state index contributed by atoms with van der Waals surface area (Å²) in [4.78, 5) is 17.6. The van der Waals surface area contributed by atoms with Gasteiger partial charge in [0.05, 0.1) is 21.3 Å². The SMILES string of the molecule is CN(Cc1ccc(C(=O)C2CC2)cc1)c1ccc(OCc2c(-c3c(Cl)cccc3Cl)noc2C2CC2)nc1C(F)(F)F.NS. The number of rotatable bonds is 10. The molecule has 2 aliphatic carbocycles. The molecule has 0 spiro atoms. The molecule has 4 aromatic rings. The van der Waals surface area contributed by atoms with Crippen LogP contribution >= 0.6 is 36.0 Å². The molecule has 0 radical (unpaired) electrons. The Morgan fingerprint density at radius 2 is 1.70 bits per heavy atom. The number of anilines is 1. The Hall–Kier alpha value is -3.25. The Bertz CT molecular complexity index is 1620. The van der Waals surface area contributed by atoms with Gasteiger partial charge in [0.25, 0.3) is 0 Å². The number of hydrogen-bond donors (Lipinski definition) is 2. The fraction of sp³-hybridized carbons (Fsp3) is 0.323. The van der Waals surface area contributed by atoms with Crippen LogP contribution in [0.25, 0.3) is 11.3 Å². The third-order valence-corrected chi connectivity index (χ3v) is 8.10. The predicted octanol–water partition coefficient (Wildman–Crippen LogP) is 8.54. The fourth-order valence-corrected chi connectivity index (χ4v) is 5.52. The number of benzene rings is 2. The normalized spacial score (nSPS) is 14.5. The summed E-state index contributed by atoms with van der Waals surface area (Å²) in [6.07, 6.45) is -1.08. The Labute approximate surface area is 268 Å². The van der Waals surface area contributed by atoms with Crippen molar-refractivity contribution in [2.45, 2.75) is 50.9 Å². The summed E-state index contributed by atoms with van der Waals surface area (Å²) >= 11 is 15.8. The highest BCUT2D eigenvalue weighted by atomic mass is 35.5. The van der Waals surface area contributed by atoms with E-state index in [0.29, 0.717) is 38.2 Å². The first-order valence-corrected chi connectivity index (χ1v) is 15.1. The second kappa shape index (κ2) is 13.4. The van der Waals surface area contributed by atoms with E-state index in [9.17, 15) is 18.0 Å². The van der Waals surface area contributed by atoms with Gasteiger partial charge in [0.2, 0.25) is 5.88 Å². The molecule has 2 saturated carbocycles. The highest BCUT2D eigenvalue weighted by molar-refractivity contribution is 7.77. The predicted molar refractivity (Wildman–Crippen MR) is 166 cm³/mol. The first kappa shape index (κ1) is 32.2. The molecule has 0 atom stereocenters. The van der Waals surface area contributed by atoms with Crippen molar-refractivity contribution in [1.82, 2.24) is 10.1 Å². The molecule has 7 nitrogen and oxygen atoms in total. The molecule has 0 unspecified atom stereocenters. The van der Waals surface area contributed by atoms with E-state index >= 15 is 0 Å². The zero-order valence-electron chi connectivity index (χ0n) is 23.6. The third kappa shape index (κ3) is 7.17. The Morgan fingerprint density at radius 1 is 1.05 bits per heavy atom. The maximum atomic E-state index is 14.2. The lowest BCUT2D eigenvalue weighted by Gasteiger charge is -2.23. The molecule has 44 heavy (non-hydrogen) atoms. The summed E-state index contributed by atoms with van der Waals surface area (Å²) in [5.41, 5.74) is 1.67. The molecule has 0 bridgehead atoms. The van der Waals surface area contributed by atoms with Gasteiger partial charge in [-0.25, -0.2) is 4.98 Å². The molecule has 6 rings (SSSR count). The van der Waals surface area contributed by atoms with E-state index in [2.05, 4.69) is 28.1 Å². The lowest BCUT2D eigenvalue weighted by Crippen LogP contribution is -2.22. The number of pyridine rings is 1. The number of hydrogen-bond acceptors (Lipinski definition) is 8. The zero-order chi connectivity index (χ0) is 31.6. The smallest absolute Gasteiger partial charge is 0.435 e. The van der Waals surface area contributed by atoms with Gasteiger partial charge in [0.1, 0.15) is 18.1 Å². The van der Waals surface area contributed by atoms with Crippen molar-refractivity contribution in [2.24, 2.45) is 11.1 Å². The molecule has 2 N–H and O–H groups in total. The van der Waals surface area contributed by atoms with Crippen molar-refractivity contribution >= 4 is 47.5 Å². The van der Waals surface area contributed by atoms with Gasteiger partial charge in [-0.15, -0.1) is 12.8 Å². The van der Waals surface area contributed by atoms with E-state index in [1.165, 1.54) is 17.0 Å². The number of Topliss-reactive ketones (excluding diaryl/α,β-unsaturated/α-hetero) is 1. The van der Waals surface area contributed by atoms with E-state index in [0.717, 1.165) is 31.2 Å². The molecule has 13 heteroatoms. The van der Waals surface area contributed by atoms with Crippen LogP contribution in [0.5, 0.6) is 5.88 Å². The summed E-state index contributed by atoms with van der Waals surface area (Å²) in [5, 5.41) is 9.12. The van der Waals surface area contributed by atoms with Crippen molar-refractivity contribution < 1.29 is 27.2 Å². The highest BCUT2D eigenvalue weighted by Crippen LogP contribution is 2.46. The van der Waals surface area contributed by atoms with Crippen molar-refractivity contribution in [1.29, 1.82) is 0 Å². The van der Waals surface area contributed by atoms with Crippen LogP contribution < -0.4 is 14.8 Å². The number of carbonyl (C=O) groups excluding carboxylic acids is 1. The molecule has 0 saturated heterocycles. The second-order valence-electron chi connectivity index (χ2n) is 10.7. The molecule has 2 fully saturated rings. The van der Waals surface area contributed by atoms with Gasteiger partial charge in [-0.05, 0) is 49.4 Å². The lowest BCUT2D eigenvalue weighted by molar-refractivity contribution is -0.140. The third-order valence-electron chi connectivity index (χ3n) is 7.47. The fourth-order valence-electron chi connectivity index (χ4n) is 4.94.